The Kier molecular flexibility index (Phi) is 4.10. The third-order valence-electron chi connectivity index (χ3n) is 4.96. The highest BCUT2D eigenvalue weighted by Gasteiger charge is 2.30. The molecule has 0 amide bonds. The van der Waals surface area contributed by atoms with Gasteiger partial charge in [0, 0.05) is 43.0 Å². The third kappa shape index (κ3) is 3.02. The van der Waals surface area contributed by atoms with Crippen LogP contribution in [0.25, 0.3) is 0 Å². The fraction of sp³-hybridized carbons (Fsp3) is 0.625. The van der Waals surface area contributed by atoms with Crippen molar-refractivity contribution in [2.75, 3.05) is 24.5 Å². The normalized spacial score (nSPS) is 24.4. The number of non-ortho nitro benzene ring substituents is 1. The van der Waals surface area contributed by atoms with Crippen molar-refractivity contribution in [2.45, 2.75) is 44.7 Å². The summed E-state index contributed by atoms with van der Waals surface area (Å²) >= 11 is 0. The predicted octanol–water partition coefficient (Wildman–Crippen LogP) is 3.05. The minimum Gasteiger partial charge on any atom is -0.371 e. The molecule has 2 fully saturated rings. The summed E-state index contributed by atoms with van der Waals surface area (Å²) in [4.78, 5) is 15.4. The van der Waals surface area contributed by atoms with Gasteiger partial charge in [0.25, 0.3) is 5.69 Å². The Bertz CT molecular complexity index is 495. The maximum Gasteiger partial charge on any atom is 0.269 e. The Hall–Kier alpha value is -1.62. The number of nitrogens with zero attached hydrogens (tertiary/aromatic N) is 3. The van der Waals surface area contributed by atoms with E-state index in [4.69, 9.17) is 0 Å². The van der Waals surface area contributed by atoms with Crippen LogP contribution in [-0.2, 0) is 0 Å². The van der Waals surface area contributed by atoms with Crippen molar-refractivity contribution >= 4 is 11.4 Å². The van der Waals surface area contributed by atoms with E-state index < -0.39 is 0 Å². The number of piperidine rings is 1. The first-order valence-electron chi connectivity index (χ1n) is 7.90. The lowest BCUT2D eigenvalue weighted by Gasteiger charge is -2.39. The number of likely N-dealkylation sites (tertiary alicyclic amines) is 1. The van der Waals surface area contributed by atoms with Crippen molar-refractivity contribution in [3.8, 4) is 0 Å². The molecule has 0 radical (unpaired) electrons. The molecular formula is C16H23N3O2. The lowest BCUT2D eigenvalue weighted by Crippen LogP contribution is -2.46. The molecule has 1 atom stereocenters. The molecule has 5 heteroatoms. The van der Waals surface area contributed by atoms with E-state index in [-0.39, 0.29) is 10.6 Å². The van der Waals surface area contributed by atoms with Gasteiger partial charge in [-0.05, 0) is 51.3 Å². The summed E-state index contributed by atoms with van der Waals surface area (Å²) in [6.07, 6.45) is 5.06. The number of nitro groups is 1. The van der Waals surface area contributed by atoms with E-state index in [0.29, 0.717) is 0 Å². The maximum atomic E-state index is 10.7. The Balaban J connectivity index is 1.59. The Morgan fingerprint density at radius 3 is 2.29 bits per heavy atom. The summed E-state index contributed by atoms with van der Waals surface area (Å²) in [5.74, 6) is 0. The van der Waals surface area contributed by atoms with Gasteiger partial charge in [-0.15, -0.1) is 0 Å². The van der Waals surface area contributed by atoms with Crippen LogP contribution in [0.4, 0.5) is 11.4 Å². The van der Waals surface area contributed by atoms with Gasteiger partial charge >= 0.3 is 0 Å². The molecule has 1 unspecified atom stereocenters. The zero-order valence-electron chi connectivity index (χ0n) is 12.6. The van der Waals surface area contributed by atoms with E-state index in [2.05, 4.69) is 16.7 Å². The van der Waals surface area contributed by atoms with Gasteiger partial charge in [0.1, 0.15) is 0 Å². The molecule has 2 heterocycles. The van der Waals surface area contributed by atoms with E-state index in [1.807, 2.05) is 12.1 Å². The minimum atomic E-state index is -0.342. The zero-order valence-corrected chi connectivity index (χ0v) is 12.6. The van der Waals surface area contributed by atoms with Gasteiger partial charge in [-0.2, -0.15) is 0 Å². The molecule has 5 nitrogen and oxygen atoms in total. The lowest BCUT2D eigenvalue weighted by molar-refractivity contribution is -0.384. The molecule has 0 bridgehead atoms. The van der Waals surface area contributed by atoms with E-state index in [1.165, 1.54) is 32.2 Å². The quantitative estimate of drug-likeness (QED) is 0.634. The number of nitro benzene ring substituents is 1. The van der Waals surface area contributed by atoms with Crippen molar-refractivity contribution in [1.29, 1.82) is 0 Å². The van der Waals surface area contributed by atoms with Crippen LogP contribution >= 0.6 is 0 Å². The largest absolute Gasteiger partial charge is 0.371 e. The van der Waals surface area contributed by atoms with Crippen LogP contribution in [0.1, 0.15) is 32.6 Å². The summed E-state index contributed by atoms with van der Waals surface area (Å²) in [6, 6.07) is 8.40. The highest BCUT2D eigenvalue weighted by atomic mass is 16.6. The van der Waals surface area contributed by atoms with Crippen LogP contribution in [0.3, 0.4) is 0 Å². The monoisotopic (exact) mass is 289 g/mol. The molecule has 1 aromatic rings. The molecule has 2 aliphatic rings. The number of hydrogen-bond acceptors (Lipinski definition) is 4. The smallest absolute Gasteiger partial charge is 0.269 e. The van der Waals surface area contributed by atoms with Crippen molar-refractivity contribution in [1.82, 2.24) is 4.90 Å². The Labute approximate surface area is 125 Å². The molecule has 0 saturated carbocycles. The van der Waals surface area contributed by atoms with E-state index in [1.54, 1.807) is 12.1 Å². The molecule has 1 aromatic carbocycles. The lowest BCUT2D eigenvalue weighted by atomic mass is 10.0. The van der Waals surface area contributed by atoms with Crippen molar-refractivity contribution < 1.29 is 4.92 Å². The first kappa shape index (κ1) is 14.3. The average molecular weight is 289 g/mol. The van der Waals surface area contributed by atoms with Crippen LogP contribution in [0.2, 0.25) is 0 Å². The van der Waals surface area contributed by atoms with Gasteiger partial charge < -0.3 is 4.90 Å². The summed E-state index contributed by atoms with van der Waals surface area (Å²) in [5.41, 5.74) is 1.27. The number of benzene rings is 1. The van der Waals surface area contributed by atoms with Gasteiger partial charge in [0.15, 0.2) is 0 Å². The maximum absolute atomic E-state index is 10.7. The van der Waals surface area contributed by atoms with Crippen molar-refractivity contribution in [3.63, 3.8) is 0 Å². The third-order valence-corrected chi connectivity index (χ3v) is 4.96. The number of hydrogen-bond donors (Lipinski definition) is 0. The molecule has 3 rings (SSSR count). The topological polar surface area (TPSA) is 49.6 Å². The van der Waals surface area contributed by atoms with E-state index >= 15 is 0 Å². The standard InChI is InChI=1S/C16H23N3O2/c1-13-3-2-10-18(13)15-8-11-17(12-9-15)14-4-6-16(7-5-14)19(20)21/h4-7,13,15H,2-3,8-12H2,1H3. The SMILES string of the molecule is CC1CCCN1C1CCN(c2ccc([N+](=O)[O-])cc2)CC1. The molecule has 114 valence electrons. The summed E-state index contributed by atoms with van der Waals surface area (Å²) in [7, 11) is 0. The number of rotatable bonds is 3. The second kappa shape index (κ2) is 6.02. The second-order valence-corrected chi connectivity index (χ2v) is 6.22. The first-order chi connectivity index (χ1) is 10.1. The molecule has 2 saturated heterocycles. The highest BCUT2D eigenvalue weighted by Crippen LogP contribution is 2.28. The van der Waals surface area contributed by atoms with Crippen molar-refractivity contribution in [2.24, 2.45) is 0 Å². The highest BCUT2D eigenvalue weighted by molar-refractivity contribution is 5.51. The second-order valence-electron chi connectivity index (χ2n) is 6.22. The van der Waals surface area contributed by atoms with Crippen LogP contribution in [0, 0.1) is 10.1 Å². The van der Waals surface area contributed by atoms with Crippen LogP contribution in [0.15, 0.2) is 24.3 Å². The molecule has 2 aliphatic heterocycles. The molecule has 21 heavy (non-hydrogen) atoms. The summed E-state index contributed by atoms with van der Waals surface area (Å²) in [5, 5.41) is 10.7. The molecule has 0 N–H and O–H groups in total. The van der Waals surface area contributed by atoms with Gasteiger partial charge in [-0.1, -0.05) is 0 Å². The summed E-state index contributed by atoms with van der Waals surface area (Å²) < 4.78 is 0. The Morgan fingerprint density at radius 1 is 1.10 bits per heavy atom. The molecular weight excluding hydrogens is 266 g/mol. The molecule has 0 spiro atoms. The fourth-order valence-corrected chi connectivity index (χ4v) is 3.74. The van der Waals surface area contributed by atoms with Crippen molar-refractivity contribution in [3.05, 3.63) is 34.4 Å². The molecule has 0 aliphatic carbocycles. The van der Waals surface area contributed by atoms with E-state index in [0.717, 1.165) is 30.9 Å². The van der Waals surface area contributed by atoms with Gasteiger partial charge in [0.05, 0.1) is 4.92 Å². The van der Waals surface area contributed by atoms with E-state index in [9.17, 15) is 10.1 Å². The summed E-state index contributed by atoms with van der Waals surface area (Å²) in [6.45, 7) is 5.69. The average Bonchev–Trinajstić information content (AvgIpc) is 2.94. The zero-order chi connectivity index (χ0) is 14.8. The fourth-order valence-electron chi connectivity index (χ4n) is 3.74. The van der Waals surface area contributed by atoms with Gasteiger partial charge in [0.2, 0.25) is 0 Å². The van der Waals surface area contributed by atoms with Crippen LogP contribution < -0.4 is 4.90 Å². The predicted molar refractivity (Wildman–Crippen MR) is 83.7 cm³/mol. The minimum absolute atomic E-state index is 0.166. The van der Waals surface area contributed by atoms with Crippen LogP contribution in [0.5, 0.6) is 0 Å². The van der Waals surface area contributed by atoms with Gasteiger partial charge in [-0.25, -0.2) is 0 Å². The Morgan fingerprint density at radius 2 is 1.76 bits per heavy atom. The molecule has 0 aromatic heterocycles. The number of anilines is 1. The van der Waals surface area contributed by atoms with Gasteiger partial charge in [-0.3, -0.25) is 15.0 Å². The van der Waals surface area contributed by atoms with Crippen LogP contribution in [-0.4, -0.2) is 41.5 Å². The first-order valence-corrected chi connectivity index (χ1v) is 7.90.